The van der Waals surface area contributed by atoms with Crippen molar-refractivity contribution in [3.05, 3.63) is 56.6 Å². The second-order valence-electron chi connectivity index (χ2n) is 6.76. The van der Waals surface area contributed by atoms with Gasteiger partial charge in [0.1, 0.15) is 15.6 Å². The Hall–Kier alpha value is -2.12. The molecule has 0 aliphatic heterocycles. The van der Waals surface area contributed by atoms with Crippen LogP contribution in [0.3, 0.4) is 0 Å². The fraction of sp³-hybridized carbons (Fsp3) is 0.350. The number of imidazole rings is 1. The lowest BCUT2D eigenvalue weighted by Gasteiger charge is -2.14. The quantitative estimate of drug-likeness (QED) is 0.657. The van der Waals surface area contributed by atoms with E-state index in [0.717, 1.165) is 46.5 Å². The average molecular weight is 401 g/mol. The monoisotopic (exact) mass is 400 g/mol. The summed E-state index contributed by atoms with van der Waals surface area (Å²) in [5, 5.41) is 9.27. The van der Waals surface area contributed by atoms with E-state index in [4.69, 9.17) is 0 Å². The number of benzene rings is 1. The number of aromatic nitrogens is 2. The summed E-state index contributed by atoms with van der Waals surface area (Å²) >= 11 is 2.84. The molecule has 4 rings (SSSR count). The molecule has 1 aromatic carbocycles. The second kappa shape index (κ2) is 7.48. The highest BCUT2D eigenvalue weighted by Crippen LogP contribution is 2.33. The van der Waals surface area contributed by atoms with Gasteiger partial charge >= 0.3 is 5.97 Å². The number of carbonyl (C=O) groups is 1. The molecule has 0 amide bonds. The smallest absolute Gasteiger partial charge is 0.316 e. The van der Waals surface area contributed by atoms with Crippen molar-refractivity contribution in [3.8, 4) is 0 Å². The van der Waals surface area contributed by atoms with Gasteiger partial charge in [0.05, 0.1) is 6.54 Å². The van der Waals surface area contributed by atoms with Gasteiger partial charge in [-0.25, -0.2) is 4.98 Å². The molecular formula is C20H20N2O3S2. The molecule has 0 spiro atoms. The lowest BCUT2D eigenvalue weighted by Crippen LogP contribution is -2.15. The lowest BCUT2D eigenvalue weighted by molar-refractivity contribution is -0.136. The summed E-state index contributed by atoms with van der Waals surface area (Å²) in [5.41, 5.74) is 2.51. The molecular weight excluding hydrogens is 380 g/mol. The van der Waals surface area contributed by atoms with Crippen LogP contribution in [-0.2, 0) is 24.2 Å². The molecule has 27 heavy (non-hydrogen) atoms. The Labute approximate surface area is 165 Å². The maximum atomic E-state index is 13.0. The van der Waals surface area contributed by atoms with Gasteiger partial charge < -0.3 is 9.67 Å². The van der Waals surface area contributed by atoms with Crippen LogP contribution in [0.4, 0.5) is 0 Å². The zero-order valence-electron chi connectivity index (χ0n) is 15.0. The normalized spacial score (nSPS) is 14.9. The molecule has 0 saturated heterocycles. The summed E-state index contributed by atoms with van der Waals surface area (Å²) in [7, 11) is 0. The zero-order chi connectivity index (χ0) is 19.0. The molecule has 0 bridgehead atoms. The number of hydrogen-bond acceptors (Lipinski definition) is 5. The third kappa shape index (κ3) is 3.53. The van der Waals surface area contributed by atoms with E-state index in [0.29, 0.717) is 17.2 Å². The second-order valence-corrected chi connectivity index (χ2v) is 9.15. The van der Waals surface area contributed by atoms with Gasteiger partial charge in [0.25, 0.3) is 0 Å². The molecule has 2 aromatic heterocycles. The third-order valence-electron chi connectivity index (χ3n) is 4.83. The zero-order valence-corrected chi connectivity index (χ0v) is 16.6. The van der Waals surface area contributed by atoms with Gasteiger partial charge in [-0.3, -0.25) is 9.59 Å². The molecule has 0 fully saturated rings. The predicted octanol–water partition coefficient (Wildman–Crippen LogP) is 3.95. The van der Waals surface area contributed by atoms with Crippen molar-refractivity contribution in [1.82, 2.24) is 9.55 Å². The van der Waals surface area contributed by atoms with Crippen LogP contribution in [0.15, 0.2) is 40.3 Å². The molecule has 1 N–H and O–H groups in total. The summed E-state index contributed by atoms with van der Waals surface area (Å²) in [6.07, 6.45) is 3.91. The molecule has 0 radical (unpaired) electrons. The van der Waals surface area contributed by atoms with E-state index >= 15 is 0 Å². The number of thioether (sulfide) groups is 1. The van der Waals surface area contributed by atoms with E-state index in [1.807, 2.05) is 34.9 Å². The Morgan fingerprint density at radius 3 is 2.78 bits per heavy atom. The molecule has 3 aromatic rings. The van der Waals surface area contributed by atoms with Crippen molar-refractivity contribution in [2.75, 3.05) is 0 Å². The molecule has 0 saturated carbocycles. The number of fused-ring (bicyclic) bond motifs is 2. The topological polar surface area (TPSA) is 72.2 Å². The van der Waals surface area contributed by atoms with Crippen LogP contribution in [0.1, 0.15) is 35.8 Å². The highest BCUT2D eigenvalue weighted by Gasteiger charge is 2.24. The van der Waals surface area contributed by atoms with Crippen LogP contribution < -0.4 is 5.43 Å². The minimum absolute atomic E-state index is 0.0232. The highest BCUT2D eigenvalue weighted by molar-refractivity contribution is 8.00. The Morgan fingerprint density at radius 1 is 1.30 bits per heavy atom. The molecule has 1 atom stereocenters. The van der Waals surface area contributed by atoms with E-state index in [9.17, 15) is 14.7 Å². The van der Waals surface area contributed by atoms with Gasteiger partial charge in [0.2, 0.25) is 5.43 Å². The first kappa shape index (κ1) is 18.3. The first-order chi connectivity index (χ1) is 13.0. The SMILES string of the molecule is CC(Sc1nc2c(=O)c3c(sc2n1Cc1ccccc1)CCCC3)C(=O)O. The van der Waals surface area contributed by atoms with Gasteiger partial charge in [-0.1, -0.05) is 42.1 Å². The van der Waals surface area contributed by atoms with Gasteiger partial charge in [0, 0.05) is 10.4 Å². The van der Waals surface area contributed by atoms with Gasteiger partial charge in [0.15, 0.2) is 5.16 Å². The Kier molecular flexibility index (Phi) is 5.06. The summed E-state index contributed by atoms with van der Waals surface area (Å²) < 4.78 is 2.01. The molecule has 1 aliphatic carbocycles. The minimum atomic E-state index is -0.886. The standard InChI is InChI=1S/C20H20N2O3S2/c1-12(19(24)25)26-20-21-16-17(23)14-9-5-6-10-15(14)27-18(16)22(20)11-13-7-3-2-4-8-13/h2-4,7-8,12H,5-6,9-11H2,1H3,(H,24,25). The maximum Gasteiger partial charge on any atom is 0.316 e. The van der Waals surface area contributed by atoms with E-state index < -0.39 is 11.2 Å². The molecule has 140 valence electrons. The first-order valence-corrected chi connectivity index (χ1v) is 10.7. The molecule has 1 unspecified atom stereocenters. The number of nitrogens with zero attached hydrogens (tertiary/aromatic N) is 2. The van der Waals surface area contributed by atoms with Crippen molar-refractivity contribution in [1.29, 1.82) is 0 Å². The van der Waals surface area contributed by atoms with Gasteiger partial charge in [-0.05, 0) is 38.2 Å². The molecule has 5 nitrogen and oxygen atoms in total. The first-order valence-electron chi connectivity index (χ1n) is 9.03. The van der Waals surface area contributed by atoms with Crippen molar-refractivity contribution >= 4 is 39.4 Å². The maximum absolute atomic E-state index is 13.0. The van der Waals surface area contributed by atoms with Crippen LogP contribution >= 0.6 is 23.1 Å². The third-order valence-corrected chi connectivity index (χ3v) is 7.21. The van der Waals surface area contributed by atoms with Crippen LogP contribution in [0.2, 0.25) is 0 Å². The number of carboxylic acid groups (broad SMARTS) is 1. The van der Waals surface area contributed by atoms with Crippen molar-refractivity contribution in [2.24, 2.45) is 0 Å². The Bertz CT molecular complexity index is 1060. The van der Waals surface area contributed by atoms with E-state index in [1.54, 1.807) is 18.3 Å². The van der Waals surface area contributed by atoms with Gasteiger partial charge in [-0.15, -0.1) is 11.3 Å². The van der Waals surface area contributed by atoms with Crippen molar-refractivity contribution in [2.45, 2.75) is 49.6 Å². The van der Waals surface area contributed by atoms with Crippen molar-refractivity contribution in [3.63, 3.8) is 0 Å². The minimum Gasteiger partial charge on any atom is -0.480 e. The van der Waals surface area contributed by atoms with Crippen molar-refractivity contribution < 1.29 is 9.90 Å². The largest absolute Gasteiger partial charge is 0.480 e. The number of hydrogen-bond donors (Lipinski definition) is 1. The molecule has 2 heterocycles. The number of rotatable bonds is 5. The average Bonchev–Trinajstić information content (AvgIpc) is 3.00. The summed E-state index contributed by atoms with van der Waals surface area (Å²) in [5.74, 6) is -0.886. The Morgan fingerprint density at radius 2 is 2.04 bits per heavy atom. The molecule has 1 aliphatic rings. The summed E-state index contributed by atoms with van der Waals surface area (Å²) in [6.45, 7) is 2.21. The van der Waals surface area contributed by atoms with E-state index in [2.05, 4.69) is 4.98 Å². The number of aryl methyl sites for hydroxylation is 1. The van der Waals surface area contributed by atoms with Crippen LogP contribution in [0.25, 0.3) is 10.3 Å². The fourth-order valence-electron chi connectivity index (χ4n) is 3.36. The van der Waals surface area contributed by atoms with E-state index in [1.165, 1.54) is 11.8 Å². The fourth-order valence-corrected chi connectivity index (χ4v) is 5.56. The molecule has 7 heteroatoms. The van der Waals surface area contributed by atoms with Crippen LogP contribution in [-0.4, -0.2) is 25.9 Å². The predicted molar refractivity (Wildman–Crippen MR) is 109 cm³/mol. The number of aliphatic carboxylic acids is 1. The summed E-state index contributed by atoms with van der Waals surface area (Å²) in [6, 6.07) is 9.98. The highest BCUT2D eigenvalue weighted by atomic mass is 32.2. The lowest BCUT2D eigenvalue weighted by atomic mass is 9.98. The summed E-state index contributed by atoms with van der Waals surface area (Å²) in [4.78, 5) is 31.0. The Balaban J connectivity index is 1.88. The number of carboxylic acids is 1. The van der Waals surface area contributed by atoms with Gasteiger partial charge in [-0.2, -0.15) is 0 Å². The van der Waals surface area contributed by atoms with E-state index in [-0.39, 0.29) is 5.43 Å². The van der Waals surface area contributed by atoms with Crippen LogP contribution in [0, 0.1) is 0 Å². The van der Waals surface area contributed by atoms with Crippen LogP contribution in [0.5, 0.6) is 0 Å².